The molecule has 1 atom stereocenters. The molecule has 0 spiro atoms. The highest BCUT2D eigenvalue weighted by Crippen LogP contribution is 2.17. The maximum Gasteiger partial charge on any atom is 0.255 e. The van der Waals surface area contributed by atoms with Crippen LogP contribution in [0.25, 0.3) is 0 Å². The van der Waals surface area contributed by atoms with Crippen molar-refractivity contribution in [1.29, 1.82) is 0 Å². The van der Waals surface area contributed by atoms with Crippen LogP contribution in [-0.2, 0) is 10.0 Å². The molecule has 1 aliphatic rings. The highest BCUT2D eigenvalue weighted by molar-refractivity contribution is 7.89. The highest BCUT2D eigenvalue weighted by atomic mass is 32.2. The number of nitrogens with two attached hydrogens (primary N) is 1. The molecule has 0 aromatic heterocycles. The van der Waals surface area contributed by atoms with Crippen LogP contribution in [0.1, 0.15) is 17.3 Å². The van der Waals surface area contributed by atoms with Crippen molar-refractivity contribution in [3.63, 3.8) is 0 Å². The van der Waals surface area contributed by atoms with Crippen molar-refractivity contribution in [3.8, 4) is 0 Å². The van der Waals surface area contributed by atoms with Gasteiger partial charge in [0.2, 0.25) is 10.0 Å². The molecule has 7 nitrogen and oxygen atoms in total. The summed E-state index contributed by atoms with van der Waals surface area (Å²) >= 11 is 0. The first-order chi connectivity index (χ1) is 10.3. The Kier molecular flexibility index (Phi) is 5.17. The van der Waals surface area contributed by atoms with E-state index in [1.807, 2.05) is 0 Å². The molecule has 0 unspecified atom stereocenters. The van der Waals surface area contributed by atoms with E-state index < -0.39 is 16.1 Å². The Morgan fingerprint density at radius 3 is 2.41 bits per heavy atom. The Labute approximate surface area is 130 Å². The maximum absolute atomic E-state index is 12.5. The van der Waals surface area contributed by atoms with Crippen molar-refractivity contribution < 1.29 is 18.3 Å². The second-order valence-corrected chi connectivity index (χ2v) is 7.01. The average molecular weight is 327 g/mol. The standard InChI is InChI=1S/C14H21N3O4S/c1-11(18)10-16-6-8-17(9-7-16)14(19)12-4-2-3-5-13(12)22(15,20)21/h2-5,11,18H,6-10H2,1H3,(H2,15,20,21)/t11-/m1/s1. The number of carbonyl (C=O) groups excluding carboxylic acids is 1. The molecule has 122 valence electrons. The molecule has 1 heterocycles. The fraction of sp³-hybridized carbons (Fsp3) is 0.500. The number of β-amino-alcohol motifs (C(OH)–C–C–N with tert-alkyl or cyclic N) is 1. The van der Waals surface area contributed by atoms with Crippen LogP contribution in [0.15, 0.2) is 29.2 Å². The summed E-state index contributed by atoms with van der Waals surface area (Å²) in [5.41, 5.74) is 0.106. The van der Waals surface area contributed by atoms with E-state index in [1.54, 1.807) is 17.9 Å². The van der Waals surface area contributed by atoms with Gasteiger partial charge in [-0.1, -0.05) is 12.1 Å². The third-order valence-corrected chi connectivity index (χ3v) is 4.57. The summed E-state index contributed by atoms with van der Waals surface area (Å²) in [7, 11) is -3.93. The third kappa shape index (κ3) is 4.04. The Morgan fingerprint density at radius 1 is 1.27 bits per heavy atom. The van der Waals surface area contributed by atoms with Gasteiger partial charge in [0.15, 0.2) is 0 Å². The van der Waals surface area contributed by atoms with E-state index in [0.717, 1.165) is 0 Å². The molecule has 1 amide bonds. The van der Waals surface area contributed by atoms with Crippen LogP contribution in [0, 0.1) is 0 Å². The van der Waals surface area contributed by atoms with Gasteiger partial charge < -0.3 is 10.0 Å². The zero-order chi connectivity index (χ0) is 16.3. The van der Waals surface area contributed by atoms with Crippen molar-refractivity contribution >= 4 is 15.9 Å². The quantitative estimate of drug-likeness (QED) is 0.774. The molecule has 1 fully saturated rings. The first kappa shape index (κ1) is 16.9. The number of carbonyl (C=O) groups is 1. The monoisotopic (exact) mass is 327 g/mol. The van der Waals surface area contributed by atoms with Crippen LogP contribution in [0.3, 0.4) is 0 Å². The fourth-order valence-corrected chi connectivity index (χ4v) is 3.30. The Morgan fingerprint density at radius 2 is 1.86 bits per heavy atom. The maximum atomic E-state index is 12.5. The molecule has 0 radical (unpaired) electrons. The van der Waals surface area contributed by atoms with Gasteiger partial charge in [-0.2, -0.15) is 0 Å². The lowest BCUT2D eigenvalue weighted by atomic mass is 10.1. The van der Waals surface area contributed by atoms with Gasteiger partial charge in [-0.05, 0) is 19.1 Å². The number of benzene rings is 1. The molecule has 0 bridgehead atoms. The fourth-order valence-electron chi connectivity index (χ4n) is 2.57. The highest BCUT2D eigenvalue weighted by Gasteiger charge is 2.26. The predicted molar refractivity (Wildman–Crippen MR) is 81.8 cm³/mol. The molecule has 1 aromatic rings. The molecule has 1 saturated heterocycles. The molecule has 0 saturated carbocycles. The number of sulfonamides is 1. The minimum atomic E-state index is -3.93. The third-order valence-electron chi connectivity index (χ3n) is 3.61. The van der Waals surface area contributed by atoms with E-state index in [9.17, 15) is 18.3 Å². The van der Waals surface area contributed by atoms with E-state index in [2.05, 4.69) is 4.90 Å². The number of nitrogens with zero attached hydrogens (tertiary/aromatic N) is 2. The van der Waals surface area contributed by atoms with E-state index in [-0.39, 0.29) is 16.4 Å². The predicted octanol–water partition coefficient (Wildman–Crippen LogP) is -0.527. The van der Waals surface area contributed by atoms with E-state index >= 15 is 0 Å². The van der Waals surface area contributed by atoms with Crippen molar-refractivity contribution in [2.24, 2.45) is 5.14 Å². The SMILES string of the molecule is C[C@@H](O)CN1CCN(C(=O)c2ccccc2S(N)(=O)=O)CC1. The molecule has 22 heavy (non-hydrogen) atoms. The second-order valence-electron chi connectivity index (χ2n) is 5.48. The molecule has 0 aliphatic carbocycles. The van der Waals surface area contributed by atoms with Gasteiger partial charge in [-0.15, -0.1) is 0 Å². The van der Waals surface area contributed by atoms with Crippen LogP contribution in [0.2, 0.25) is 0 Å². The summed E-state index contributed by atoms with van der Waals surface area (Å²) in [6.45, 7) is 4.56. The minimum Gasteiger partial charge on any atom is -0.392 e. The summed E-state index contributed by atoms with van der Waals surface area (Å²) in [4.78, 5) is 16.1. The number of piperazine rings is 1. The Hall–Kier alpha value is -1.48. The number of aliphatic hydroxyl groups is 1. The lowest BCUT2D eigenvalue weighted by molar-refractivity contribution is 0.0551. The van der Waals surface area contributed by atoms with Gasteiger partial charge in [0.1, 0.15) is 0 Å². The number of aliphatic hydroxyl groups excluding tert-OH is 1. The zero-order valence-electron chi connectivity index (χ0n) is 12.5. The molecular weight excluding hydrogens is 306 g/mol. The molecule has 8 heteroatoms. The van der Waals surface area contributed by atoms with Crippen LogP contribution in [0.5, 0.6) is 0 Å². The number of hydrogen-bond acceptors (Lipinski definition) is 5. The van der Waals surface area contributed by atoms with E-state index in [4.69, 9.17) is 5.14 Å². The van der Waals surface area contributed by atoms with Crippen LogP contribution >= 0.6 is 0 Å². The van der Waals surface area contributed by atoms with Gasteiger partial charge >= 0.3 is 0 Å². The first-order valence-electron chi connectivity index (χ1n) is 7.10. The van der Waals surface area contributed by atoms with Gasteiger partial charge in [0, 0.05) is 32.7 Å². The van der Waals surface area contributed by atoms with Crippen molar-refractivity contribution in [3.05, 3.63) is 29.8 Å². The van der Waals surface area contributed by atoms with Crippen LogP contribution < -0.4 is 5.14 Å². The number of amides is 1. The summed E-state index contributed by atoms with van der Waals surface area (Å²) in [6, 6.07) is 5.97. The van der Waals surface area contributed by atoms with Gasteiger partial charge in [0.05, 0.1) is 16.6 Å². The average Bonchev–Trinajstić information content (AvgIpc) is 2.46. The van der Waals surface area contributed by atoms with Crippen molar-refractivity contribution in [2.45, 2.75) is 17.9 Å². The van der Waals surface area contributed by atoms with Crippen molar-refractivity contribution in [2.75, 3.05) is 32.7 Å². The summed E-state index contributed by atoms with van der Waals surface area (Å²) in [6.07, 6.45) is -0.412. The largest absolute Gasteiger partial charge is 0.392 e. The lowest BCUT2D eigenvalue weighted by Crippen LogP contribution is -2.50. The van der Waals surface area contributed by atoms with Crippen LogP contribution in [0.4, 0.5) is 0 Å². The minimum absolute atomic E-state index is 0.106. The summed E-state index contributed by atoms with van der Waals surface area (Å²) in [5.74, 6) is -0.332. The topological polar surface area (TPSA) is 104 Å². The Bertz CT molecular complexity index is 637. The zero-order valence-corrected chi connectivity index (χ0v) is 13.3. The van der Waals surface area contributed by atoms with Crippen molar-refractivity contribution in [1.82, 2.24) is 9.80 Å². The lowest BCUT2D eigenvalue weighted by Gasteiger charge is -2.35. The second kappa shape index (κ2) is 6.74. The number of primary sulfonamides is 1. The molecule has 2 rings (SSSR count). The first-order valence-corrected chi connectivity index (χ1v) is 8.65. The normalized spacial score (nSPS) is 18.2. The number of hydrogen-bond donors (Lipinski definition) is 2. The van der Waals surface area contributed by atoms with Crippen LogP contribution in [-0.4, -0.2) is 68.1 Å². The summed E-state index contributed by atoms with van der Waals surface area (Å²) < 4.78 is 23.2. The summed E-state index contributed by atoms with van der Waals surface area (Å²) in [5, 5.41) is 14.5. The smallest absolute Gasteiger partial charge is 0.255 e. The van der Waals surface area contributed by atoms with E-state index in [1.165, 1.54) is 18.2 Å². The van der Waals surface area contributed by atoms with Gasteiger partial charge in [-0.3, -0.25) is 9.69 Å². The number of rotatable bonds is 4. The Balaban J connectivity index is 2.11. The molecule has 1 aromatic carbocycles. The molecule has 1 aliphatic heterocycles. The van der Waals surface area contributed by atoms with Gasteiger partial charge in [0.25, 0.3) is 5.91 Å². The van der Waals surface area contributed by atoms with E-state index in [0.29, 0.717) is 32.7 Å². The van der Waals surface area contributed by atoms with Gasteiger partial charge in [-0.25, -0.2) is 13.6 Å². The molecule has 3 N–H and O–H groups in total. The molecular formula is C14H21N3O4S.